The molecule has 34 heavy (non-hydrogen) atoms. The molecule has 0 atom stereocenters. The number of benzene rings is 1. The first-order valence-electron chi connectivity index (χ1n) is 10.3. The van der Waals surface area contributed by atoms with Crippen molar-refractivity contribution < 1.29 is 37.3 Å². The van der Waals surface area contributed by atoms with Crippen LogP contribution in [0, 0.1) is 9.49 Å². The van der Waals surface area contributed by atoms with Crippen molar-refractivity contribution >= 4 is 45.4 Å². The number of halogens is 4. The summed E-state index contributed by atoms with van der Waals surface area (Å²) >= 11 is 1.88. The molecule has 1 aromatic heterocycles. The minimum absolute atomic E-state index is 0.00551. The minimum atomic E-state index is -4.36. The second kappa shape index (κ2) is 11.6. The average molecular weight is 599 g/mol. The number of nitrogens with zero attached hydrogens (tertiary/aromatic N) is 1. The van der Waals surface area contributed by atoms with Crippen molar-refractivity contribution in [3.8, 4) is 11.5 Å². The first-order chi connectivity index (χ1) is 15.8. The van der Waals surface area contributed by atoms with Crippen LogP contribution in [0.3, 0.4) is 0 Å². The van der Waals surface area contributed by atoms with E-state index in [0.717, 1.165) is 0 Å². The van der Waals surface area contributed by atoms with E-state index in [-0.39, 0.29) is 60.0 Å². The monoisotopic (exact) mass is 599 g/mol. The van der Waals surface area contributed by atoms with E-state index in [4.69, 9.17) is 20.3 Å². The zero-order chi connectivity index (χ0) is 25.6. The van der Waals surface area contributed by atoms with Gasteiger partial charge in [-0.3, -0.25) is 9.59 Å². The lowest BCUT2D eigenvalue weighted by molar-refractivity contribution is -0.136. The van der Waals surface area contributed by atoms with Gasteiger partial charge < -0.3 is 30.2 Å². The number of alkyl halides is 3. The minimum Gasteiger partial charge on any atom is -0.491 e. The Hall–Kier alpha value is -2.71. The fourth-order valence-corrected chi connectivity index (χ4v) is 4.12. The maximum atomic E-state index is 13.3. The second-order valence-corrected chi connectivity index (χ2v) is 8.95. The van der Waals surface area contributed by atoms with Gasteiger partial charge in [0.25, 0.3) is 11.5 Å². The van der Waals surface area contributed by atoms with Gasteiger partial charge in [-0.05, 0) is 47.1 Å². The molecule has 2 rings (SSSR count). The molecule has 2 amide bonds. The number of aromatic nitrogens is 1. The van der Waals surface area contributed by atoms with Crippen LogP contribution in [-0.4, -0.2) is 41.1 Å². The van der Waals surface area contributed by atoms with Gasteiger partial charge in [0.15, 0.2) is 6.61 Å². The number of pyridine rings is 1. The van der Waals surface area contributed by atoms with E-state index in [1.807, 2.05) is 36.4 Å². The van der Waals surface area contributed by atoms with Crippen molar-refractivity contribution in [1.29, 1.82) is 0 Å². The molecule has 0 spiro atoms. The zero-order valence-corrected chi connectivity index (χ0v) is 20.7. The Bertz CT molecular complexity index is 1120. The lowest BCUT2D eigenvalue weighted by Crippen LogP contribution is -2.31. The third-order valence-corrected chi connectivity index (χ3v) is 5.64. The predicted molar refractivity (Wildman–Crippen MR) is 126 cm³/mol. The van der Waals surface area contributed by atoms with Gasteiger partial charge >= 0.3 is 12.3 Å². The van der Waals surface area contributed by atoms with Crippen LogP contribution < -0.4 is 26.1 Å². The molecule has 0 unspecified atom stereocenters. The number of fused-ring (bicyclic) bond motifs is 1. The lowest BCUT2D eigenvalue weighted by Gasteiger charge is -2.22. The molecule has 188 valence electrons. The number of hydrogen-bond donors (Lipinski definition) is 3. The molecular weight excluding hydrogens is 574 g/mol. The van der Waals surface area contributed by atoms with E-state index in [2.05, 4.69) is 5.32 Å². The van der Waals surface area contributed by atoms with Gasteiger partial charge in [-0.25, -0.2) is 4.79 Å². The summed E-state index contributed by atoms with van der Waals surface area (Å²) in [5.41, 5.74) is 4.88. The molecule has 0 fully saturated rings. The van der Waals surface area contributed by atoms with Crippen LogP contribution in [-0.2, 0) is 17.9 Å². The number of hydrogen-bond acceptors (Lipinski definition) is 5. The fourth-order valence-electron chi connectivity index (χ4n) is 3.25. The van der Waals surface area contributed by atoms with Gasteiger partial charge in [0.1, 0.15) is 11.5 Å². The van der Waals surface area contributed by atoms with E-state index in [0.29, 0.717) is 3.57 Å². The molecule has 4 N–H and O–H groups in total. The smallest absolute Gasteiger partial charge is 0.404 e. The first-order valence-corrected chi connectivity index (χ1v) is 11.3. The molecule has 0 aliphatic heterocycles. The van der Waals surface area contributed by atoms with Crippen LogP contribution in [0.1, 0.15) is 32.4 Å². The van der Waals surface area contributed by atoms with Crippen molar-refractivity contribution in [2.45, 2.75) is 46.0 Å². The molecule has 0 radical (unpaired) electrons. The van der Waals surface area contributed by atoms with E-state index in [9.17, 15) is 27.6 Å². The van der Waals surface area contributed by atoms with Crippen LogP contribution in [0.5, 0.6) is 11.5 Å². The van der Waals surface area contributed by atoms with E-state index >= 15 is 0 Å². The third-order valence-electron chi connectivity index (χ3n) is 4.57. The molecule has 0 saturated carbocycles. The number of carbonyl (C=O) groups excluding carboxylic acids is 1. The molecule has 1 aromatic carbocycles. The maximum Gasteiger partial charge on any atom is 0.404 e. The van der Waals surface area contributed by atoms with E-state index < -0.39 is 36.8 Å². The highest BCUT2D eigenvalue weighted by Crippen LogP contribution is 2.37. The number of nitrogens with one attached hydrogen (secondary N) is 1. The van der Waals surface area contributed by atoms with Gasteiger partial charge in [-0.1, -0.05) is 13.8 Å². The highest BCUT2D eigenvalue weighted by atomic mass is 127. The third kappa shape index (κ3) is 7.40. The Morgan fingerprint density at radius 3 is 2.50 bits per heavy atom. The number of rotatable bonds is 11. The van der Waals surface area contributed by atoms with Crippen molar-refractivity contribution in [3.63, 3.8) is 0 Å². The van der Waals surface area contributed by atoms with Gasteiger partial charge in [0, 0.05) is 18.4 Å². The summed E-state index contributed by atoms with van der Waals surface area (Å²) in [6.07, 6.45) is -7.11. The van der Waals surface area contributed by atoms with Crippen LogP contribution in [0.2, 0.25) is 0 Å². The molecule has 1 heterocycles. The Morgan fingerprint density at radius 1 is 1.26 bits per heavy atom. The topological polar surface area (TPSA) is 133 Å². The molecule has 2 aromatic rings. The van der Waals surface area contributed by atoms with Gasteiger partial charge in [0.2, 0.25) is 0 Å². The molecule has 13 heteroatoms. The molecule has 0 bridgehead atoms. The summed E-state index contributed by atoms with van der Waals surface area (Å²) < 4.78 is 50.8. The van der Waals surface area contributed by atoms with Crippen molar-refractivity contribution in [3.05, 3.63) is 31.8 Å². The summed E-state index contributed by atoms with van der Waals surface area (Å²) in [7, 11) is 0. The second-order valence-electron chi connectivity index (χ2n) is 7.87. The molecule has 0 saturated heterocycles. The number of carboxylic acid groups (broad SMARTS) is 1. The highest BCUT2D eigenvalue weighted by molar-refractivity contribution is 14.1. The standard InChI is InChI=1S/C21H25F3IN3O6/c1-11(2)9-28-13(8-27-20(31)32)18(33-7-3-6-21(22,23)24)16-12(19(28)30)4-5-14(17(16)25)34-10-15(26)29/h4-5,11,27H,3,6-10H2,1-2H3,(H2,26,29)(H,31,32). The van der Waals surface area contributed by atoms with Crippen LogP contribution in [0.25, 0.3) is 10.8 Å². The summed E-state index contributed by atoms with van der Waals surface area (Å²) in [6, 6.07) is 2.95. The quantitative estimate of drug-likeness (QED) is 0.267. The average Bonchev–Trinajstić information content (AvgIpc) is 2.71. The van der Waals surface area contributed by atoms with Crippen molar-refractivity contribution in [1.82, 2.24) is 9.88 Å². The van der Waals surface area contributed by atoms with E-state index in [1.54, 1.807) is 0 Å². The van der Waals surface area contributed by atoms with Crippen LogP contribution in [0.4, 0.5) is 18.0 Å². The normalized spacial score (nSPS) is 11.6. The summed E-state index contributed by atoms with van der Waals surface area (Å²) in [4.78, 5) is 35.7. The summed E-state index contributed by atoms with van der Waals surface area (Å²) in [5.74, 6) is -0.447. The Kier molecular flexibility index (Phi) is 9.41. The maximum absolute atomic E-state index is 13.3. The van der Waals surface area contributed by atoms with Crippen LogP contribution >= 0.6 is 22.6 Å². The summed E-state index contributed by atoms with van der Waals surface area (Å²) in [5, 5.41) is 11.8. The van der Waals surface area contributed by atoms with Gasteiger partial charge in [0.05, 0.1) is 27.8 Å². The Morgan fingerprint density at radius 2 is 1.94 bits per heavy atom. The molecule has 0 aliphatic rings. The van der Waals surface area contributed by atoms with E-state index in [1.165, 1.54) is 16.7 Å². The Labute approximate surface area is 206 Å². The lowest BCUT2D eigenvalue weighted by atomic mass is 10.1. The highest BCUT2D eigenvalue weighted by Gasteiger charge is 2.27. The predicted octanol–water partition coefficient (Wildman–Crippen LogP) is 3.62. The molecule has 0 aliphatic carbocycles. The number of ether oxygens (including phenoxy) is 2. The van der Waals surface area contributed by atoms with Crippen molar-refractivity contribution in [2.75, 3.05) is 13.2 Å². The number of amides is 2. The first kappa shape index (κ1) is 27.5. The molecular formula is C21H25F3IN3O6. The van der Waals surface area contributed by atoms with Crippen molar-refractivity contribution in [2.24, 2.45) is 11.7 Å². The largest absolute Gasteiger partial charge is 0.491 e. The van der Waals surface area contributed by atoms with Crippen LogP contribution in [0.15, 0.2) is 16.9 Å². The number of primary amides is 1. The SMILES string of the molecule is CC(C)Cn1c(CNC(=O)O)c(OCCCC(F)(F)F)c2c(I)c(OCC(N)=O)ccc2c1=O. The van der Waals surface area contributed by atoms with Gasteiger partial charge in [-0.2, -0.15) is 13.2 Å². The zero-order valence-electron chi connectivity index (χ0n) is 18.5. The van der Waals surface area contributed by atoms with Gasteiger partial charge in [-0.15, -0.1) is 0 Å². The number of nitrogens with two attached hydrogens (primary N) is 1. The molecule has 9 nitrogen and oxygen atoms in total. The summed E-state index contributed by atoms with van der Waals surface area (Å²) in [6.45, 7) is 2.88. The number of carbonyl (C=O) groups is 2. The fraction of sp³-hybridized carbons (Fsp3) is 0.476. The Balaban J connectivity index is 2.72.